The number of carbonyl (C=O) groups excluding carboxylic acids is 2. The number of nitrogens with one attached hydrogen (secondary N) is 3. The fourth-order valence-electron chi connectivity index (χ4n) is 2.91. The predicted octanol–water partition coefficient (Wildman–Crippen LogP) is -0.0659. The number of amides is 3. The zero-order chi connectivity index (χ0) is 22.8. The summed E-state index contributed by atoms with van der Waals surface area (Å²) < 4.78 is 11.1. The number of carbonyl (C=O) groups is 2. The van der Waals surface area contributed by atoms with E-state index in [0.717, 1.165) is 12.8 Å². The maximum atomic E-state index is 11.9. The molecule has 0 aromatic heterocycles. The summed E-state index contributed by atoms with van der Waals surface area (Å²) in [5, 5.41) is 38.1. The van der Waals surface area contributed by atoms with Crippen LogP contribution in [0, 0.1) is 12.3 Å². The zero-order valence-electron chi connectivity index (χ0n) is 17.3. The van der Waals surface area contributed by atoms with Gasteiger partial charge in [0.05, 0.1) is 0 Å². The molecule has 1 aliphatic heterocycles. The van der Waals surface area contributed by atoms with Gasteiger partial charge >= 0.3 is 6.03 Å². The van der Waals surface area contributed by atoms with Crippen LogP contribution in [0.5, 0.6) is 5.75 Å². The van der Waals surface area contributed by atoms with Gasteiger partial charge < -0.3 is 40.7 Å². The van der Waals surface area contributed by atoms with Crippen molar-refractivity contribution >= 4 is 17.6 Å². The van der Waals surface area contributed by atoms with Crippen molar-refractivity contribution < 1.29 is 34.4 Å². The molecule has 0 aliphatic carbocycles. The lowest BCUT2D eigenvalue weighted by molar-refractivity contribution is -0.270. The first-order valence-corrected chi connectivity index (χ1v) is 10.0. The number of unbranched alkanes of at least 4 members (excludes halogenated alkanes) is 2. The van der Waals surface area contributed by atoms with Crippen molar-refractivity contribution in [2.45, 2.75) is 56.9 Å². The number of hydrogen-bond acceptors (Lipinski definition) is 7. The Morgan fingerprint density at radius 3 is 2.45 bits per heavy atom. The highest BCUT2D eigenvalue weighted by atomic mass is 16.7. The lowest BCUT2D eigenvalue weighted by Crippen LogP contribution is -2.61. The van der Waals surface area contributed by atoms with Crippen LogP contribution in [0.25, 0.3) is 0 Å². The Morgan fingerprint density at radius 1 is 1.10 bits per heavy atom. The smallest absolute Gasteiger partial charge is 0.319 e. The van der Waals surface area contributed by atoms with Crippen molar-refractivity contribution in [2.24, 2.45) is 0 Å². The van der Waals surface area contributed by atoms with Gasteiger partial charge in [-0.05, 0) is 37.1 Å². The number of benzene rings is 1. The molecule has 1 aromatic rings. The van der Waals surface area contributed by atoms with E-state index >= 15 is 0 Å². The van der Waals surface area contributed by atoms with Crippen LogP contribution in [-0.2, 0) is 9.53 Å². The number of aliphatic hydroxyl groups is 3. The van der Waals surface area contributed by atoms with Crippen LogP contribution in [0.1, 0.15) is 26.2 Å². The summed E-state index contributed by atoms with van der Waals surface area (Å²) in [4.78, 5) is 23.0. The van der Waals surface area contributed by atoms with Crippen LogP contribution in [0.2, 0.25) is 0 Å². The summed E-state index contributed by atoms with van der Waals surface area (Å²) in [7, 11) is 0. The molecule has 6 N–H and O–H groups in total. The summed E-state index contributed by atoms with van der Waals surface area (Å²) in [5.74, 6) is 2.53. The van der Waals surface area contributed by atoms with Crippen molar-refractivity contribution in [3.8, 4) is 18.1 Å². The van der Waals surface area contributed by atoms with Gasteiger partial charge in [0, 0.05) is 32.1 Å². The number of terminal acetylenes is 1. The van der Waals surface area contributed by atoms with Gasteiger partial charge in [-0.15, -0.1) is 12.3 Å². The first-order valence-electron chi connectivity index (χ1n) is 10.0. The van der Waals surface area contributed by atoms with Crippen LogP contribution in [-0.4, -0.2) is 71.1 Å². The Kier molecular flexibility index (Phi) is 9.55. The van der Waals surface area contributed by atoms with Crippen LogP contribution in [0.15, 0.2) is 24.3 Å². The molecule has 1 aliphatic rings. The summed E-state index contributed by atoms with van der Waals surface area (Å²) >= 11 is 0. The van der Waals surface area contributed by atoms with Crippen molar-refractivity contribution in [2.75, 3.05) is 18.4 Å². The third-order valence-electron chi connectivity index (χ3n) is 4.62. The first kappa shape index (κ1) is 24.4. The summed E-state index contributed by atoms with van der Waals surface area (Å²) in [6, 6.07) is 5.96. The molecule has 0 radical (unpaired) electrons. The number of rotatable bonds is 9. The molecule has 1 saturated heterocycles. The zero-order valence-corrected chi connectivity index (χ0v) is 17.3. The van der Waals surface area contributed by atoms with Gasteiger partial charge in [0.2, 0.25) is 12.2 Å². The summed E-state index contributed by atoms with van der Waals surface area (Å²) in [6.45, 7) is 1.77. The van der Waals surface area contributed by atoms with E-state index in [4.69, 9.17) is 15.9 Å². The second kappa shape index (κ2) is 12.1. The van der Waals surface area contributed by atoms with Gasteiger partial charge in [0.15, 0.2) is 0 Å². The minimum absolute atomic E-state index is 0.0547. The predicted molar refractivity (Wildman–Crippen MR) is 112 cm³/mol. The average molecular weight is 435 g/mol. The van der Waals surface area contributed by atoms with Crippen molar-refractivity contribution in [1.82, 2.24) is 10.6 Å². The van der Waals surface area contributed by atoms with Gasteiger partial charge in [0.25, 0.3) is 0 Å². The summed E-state index contributed by atoms with van der Waals surface area (Å²) in [5.41, 5.74) is 0.526. The number of aliphatic hydroxyl groups excluding tert-OH is 3. The Labute approximate surface area is 180 Å². The van der Waals surface area contributed by atoms with E-state index in [9.17, 15) is 24.9 Å². The molecular formula is C21H29N3O7. The lowest BCUT2D eigenvalue weighted by Gasteiger charge is -2.40. The monoisotopic (exact) mass is 435 g/mol. The highest BCUT2D eigenvalue weighted by Gasteiger charge is 2.44. The summed E-state index contributed by atoms with van der Waals surface area (Å²) in [6.07, 6.45) is 0.859. The van der Waals surface area contributed by atoms with E-state index in [1.54, 1.807) is 24.3 Å². The normalized spacial score (nSPS) is 25.2. The second-order valence-corrected chi connectivity index (χ2v) is 7.14. The highest BCUT2D eigenvalue weighted by molar-refractivity contribution is 5.89. The SMILES string of the molecule is C#CCCCCNC(=O)Nc1ccc(O[C@H]2OC(CNC(C)=O)[C@@H](O)C(O)C2O)cc1. The van der Waals surface area contributed by atoms with Crippen LogP contribution in [0.3, 0.4) is 0 Å². The molecule has 10 nitrogen and oxygen atoms in total. The fourth-order valence-corrected chi connectivity index (χ4v) is 2.91. The maximum absolute atomic E-state index is 11.9. The second-order valence-electron chi connectivity index (χ2n) is 7.14. The number of hydrogen-bond donors (Lipinski definition) is 6. The topological polar surface area (TPSA) is 149 Å². The molecule has 3 unspecified atom stereocenters. The Hall–Kier alpha value is -2.84. The molecular weight excluding hydrogens is 406 g/mol. The first-order chi connectivity index (χ1) is 14.8. The van der Waals surface area contributed by atoms with Gasteiger partial charge in [-0.2, -0.15) is 0 Å². The molecule has 0 saturated carbocycles. The third-order valence-corrected chi connectivity index (χ3v) is 4.62. The number of anilines is 1. The Bertz CT molecular complexity index is 765. The fraction of sp³-hybridized carbons (Fsp3) is 0.524. The molecule has 2 rings (SSSR count). The Balaban J connectivity index is 1.87. The lowest BCUT2D eigenvalue weighted by atomic mass is 9.99. The largest absolute Gasteiger partial charge is 0.462 e. The molecule has 3 amide bonds. The standard InChI is InChI=1S/C21H29N3O7/c1-3-4-5-6-11-22-21(29)24-14-7-9-15(10-8-14)30-20-19(28)18(27)17(26)16(31-20)12-23-13(2)25/h1,7-10,16-20,26-28H,4-6,11-12H2,2H3,(H,23,25)(H2,22,24,29)/t16?,17-,18?,19?,20+/m1/s1. The van der Waals surface area contributed by atoms with E-state index in [2.05, 4.69) is 21.9 Å². The minimum Gasteiger partial charge on any atom is -0.462 e. The van der Waals surface area contributed by atoms with Crippen LogP contribution in [0.4, 0.5) is 10.5 Å². The molecule has 170 valence electrons. The highest BCUT2D eigenvalue weighted by Crippen LogP contribution is 2.25. The Morgan fingerprint density at radius 2 is 1.81 bits per heavy atom. The van der Waals surface area contributed by atoms with Gasteiger partial charge in [0.1, 0.15) is 30.2 Å². The molecule has 0 spiro atoms. The van der Waals surface area contributed by atoms with Crippen molar-refractivity contribution in [3.05, 3.63) is 24.3 Å². The van der Waals surface area contributed by atoms with E-state index < -0.39 is 30.7 Å². The van der Waals surface area contributed by atoms with Crippen LogP contribution >= 0.6 is 0 Å². The van der Waals surface area contributed by atoms with E-state index in [1.165, 1.54) is 6.92 Å². The average Bonchev–Trinajstić information content (AvgIpc) is 2.74. The molecule has 31 heavy (non-hydrogen) atoms. The molecule has 0 bridgehead atoms. The van der Waals surface area contributed by atoms with Gasteiger partial charge in [-0.1, -0.05) is 0 Å². The maximum Gasteiger partial charge on any atom is 0.319 e. The number of ether oxygens (including phenoxy) is 2. The van der Waals surface area contributed by atoms with E-state index in [0.29, 0.717) is 24.4 Å². The van der Waals surface area contributed by atoms with Crippen LogP contribution < -0.4 is 20.7 Å². The third kappa shape index (κ3) is 7.73. The van der Waals surface area contributed by atoms with Gasteiger partial charge in [-0.25, -0.2) is 4.79 Å². The quantitative estimate of drug-likeness (QED) is 0.235. The molecule has 10 heteroatoms. The number of urea groups is 1. The minimum atomic E-state index is -1.51. The van der Waals surface area contributed by atoms with E-state index in [-0.39, 0.29) is 18.5 Å². The molecule has 5 atom stereocenters. The van der Waals surface area contributed by atoms with Crippen molar-refractivity contribution in [3.63, 3.8) is 0 Å². The van der Waals surface area contributed by atoms with E-state index in [1.807, 2.05) is 0 Å². The molecule has 1 heterocycles. The molecule has 1 aromatic carbocycles. The van der Waals surface area contributed by atoms with Gasteiger partial charge in [-0.3, -0.25) is 4.79 Å². The molecule has 1 fully saturated rings. The van der Waals surface area contributed by atoms with Crippen molar-refractivity contribution in [1.29, 1.82) is 0 Å².